The highest BCUT2D eigenvalue weighted by atomic mass is 35.5. The third kappa shape index (κ3) is 10.2. The van der Waals surface area contributed by atoms with Crippen LogP contribution in [0.3, 0.4) is 0 Å². The Kier molecular flexibility index (Phi) is 13.9. The minimum absolute atomic E-state index is 0.0179. The van der Waals surface area contributed by atoms with Gasteiger partial charge in [0, 0.05) is 91.0 Å². The SMILES string of the molecule is O=C(O[C@H]1C[C@@H](C(=O)N2CCN(C3CC3)c3ccccc32)N(Cc2cc(Cl)ccc2Cl)C1)c1ccccc1.O=C([C@@H]1C[C@H](O)CN1Cc1cc(Cl)ccc1Cl)N1CCN(C2CC2)c2ccccc21. The maximum Gasteiger partial charge on any atom is 0.338 e. The second-order valence-electron chi connectivity index (χ2n) is 18.7. The van der Waals surface area contributed by atoms with Gasteiger partial charge in [-0.05, 0) is 116 Å². The molecule has 4 heterocycles. The number of aliphatic hydroxyl groups is 1. The Bertz CT molecular complexity index is 2670. The van der Waals surface area contributed by atoms with Crippen LogP contribution >= 0.6 is 46.4 Å². The van der Waals surface area contributed by atoms with E-state index < -0.39 is 18.2 Å². The van der Waals surface area contributed by atoms with Crippen molar-refractivity contribution in [2.24, 2.45) is 0 Å². The number of β-amino-alcohol motifs (C(OH)–C–C–N with tert-alkyl or cyclic N) is 1. The second-order valence-corrected chi connectivity index (χ2v) is 20.4. The standard InChI is InChI=1S/C30H29Cl2N3O3.C23H25Cl2N3O2/c31-22-10-13-25(32)21(16-22)18-33-19-24(38-30(37)20-6-2-1-3-7-20)17-28(33)29(36)35-15-14-34(23-11-12-23)26-8-4-5-9-27(26)35;24-16-5-8-19(25)15(11-16)13-26-14-18(29)12-22(26)23(30)28-10-9-27(17-6-7-17)20-3-1-2-4-21(20)28/h1-10,13,16,23-24,28H,11-12,14-15,17-19H2;1-5,8,11,17-18,22,29H,6-7,9-10,12-14H2/t24-,28-;18-,22-/m00/s1. The van der Waals surface area contributed by atoms with Crippen molar-refractivity contribution in [3.8, 4) is 0 Å². The summed E-state index contributed by atoms with van der Waals surface area (Å²) in [4.78, 5) is 53.4. The van der Waals surface area contributed by atoms with Gasteiger partial charge in [-0.25, -0.2) is 4.79 Å². The van der Waals surface area contributed by atoms with Gasteiger partial charge >= 0.3 is 5.97 Å². The van der Waals surface area contributed by atoms with Crippen molar-refractivity contribution in [3.63, 3.8) is 0 Å². The van der Waals surface area contributed by atoms with Gasteiger partial charge in [-0.1, -0.05) is 88.9 Å². The van der Waals surface area contributed by atoms with E-state index in [0.29, 0.717) is 89.8 Å². The fourth-order valence-corrected chi connectivity index (χ4v) is 11.1. The molecule has 2 saturated carbocycles. The number of benzene rings is 5. The van der Waals surface area contributed by atoms with Crippen LogP contribution in [0.25, 0.3) is 0 Å². The summed E-state index contributed by atoms with van der Waals surface area (Å²) < 4.78 is 5.89. The van der Waals surface area contributed by atoms with Crippen molar-refractivity contribution >= 4 is 86.9 Å². The smallest absolute Gasteiger partial charge is 0.338 e. The van der Waals surface area contributed by atoms with Gasteiger partial charge in [0.15, 0.2) is 0 Å². The summed E-state index contributed by atoms with van der Waals surface area (Å²) in [5.41, 5.74) is 6.38. The first kappa shape index (κ1) is 46.9. The lowest BCUT2D eigenvalue weighted by Crippen LogP contribution is -2.51. The van der Waals surface area contributed by atoms with Crippen molar-refractivity contribution < 1.29 is 24.2 Å². The number of likely N-dealkylation sites (tertiary alicyclic amines) is 2. The summed E-state index contributed by atoms with van der Waals surface area (Å²) in [5, 5.41) is 12.8. The first-order chi connectivity index (χ1) is 33.0. The molecule has 4 aliphatic heterocycles. The molecule has 68 heavy (non-hydrogen) atoms. The molecule has 0 spiro atoms. The predicted octanol–water partition coefficient (Wildman–Crippen LogP) is 9.75. The van der Waals surface area contributed by atoms with Crippen molar-refractivity contribution in [3.05, 3.63) is 152 Å². The molecule has 0 aromatic heterocycles. The molecule has 2 saturated heterocycles. The number of aliphatic hydroxyl groups excluding tert-OH is 1. The Hall–Kier alpha value is -4.85. The van der Waals surface area contributed by atoms with Gasteiger partial charge < -0.3 is 29.4 Å². The third-order valence-electron chi connectivity index (χ3n) is 14.0. The molecule has 11 nitrogen and oxygen atoms in total. The highest BCUT2D eigenvalue weighted by molar-refractivity contribution is 6.34. The second kappa shape index (κ2) is 20.2. The number of halogens is 4. The molecule has 0 radical (unpaired) electrons. The Morgan fingerprint density at radius 3 is 1.50 bits per heavy atom. The molecular formula is C53H54Cl4N6O5. The lowest BCUT2D eigenvalue weighted by atomic mass is 10.1. The van der Waals surface area contributed by atoms with Crippen LogP contribution in [-0.2, 0) is 27.4 Å². The number of hydrogen-bond donors (Lipinski definition) is 1. The minimum Gasteiger partial charge on any atom is -0.457 e. The first-order valence-electron chi connectivity index (χ1n) is 23.6. The van der Waals surface area contributed by atoms with Gasteiger partial charge in [0.1, 0.15) is 6.10 Å². The molecule has 0 bridgehead atoms. The van der Waals surface area contributed by atoms with E-state index in [1.54, 1.807) is 36.4 Å². The number of ether oxygens (including phenoxy) is 1. The van der Waals surface area contributed by atoms with E-state index in [4.69, 9.17) is 51.1 Å². The van der Waals surface area contributed by atoms with Crippen LogP contribution < -0.4 is 19.6 Å². The van der Waals surface area contributed by atoms with Crippen LogP contribution in [0.5, 0.6) is 0 Å². The van der Waals surface area contributed by atoms with Gasteiger partial charge in [0.25, 0.3) is 0 Å². The summed E-state index contributed by atoms with van der Waals surface area (Å²) in [6, 6.07) is 36.3. The maximum absolute atomic E-state index is 14.2. The summed E-state index contributed by atoms with van der Waals surface area (Å²) in [6.45, 7) is 4.75. The Balaban J connectivity index is 0.000000163. The number of carbonyl (C=O) groups is 3. The van der Waals surface area contributed by atoms with E-state index in [0.717, 1.165) is 47.0 Å². The number of anilines is 4. The molecule has 4 fully saturated rings. The molecule has 11 rings (SSSR count). The van der Waals surface area contributed by atoms with E-state index in [2.05, 4.69) is 26.8 Å². The third-order valence-corrected chi connectivity index (χ3v) is 15.2. The number of nitrogens with zero attached hydrogens (tertiary/aromatic N) is 6. The highest BCUT2D eigenvalue weighted by Crippen LogP contribution is 2.43. The quantitative estimate of drug-likeness (QED) is 0.137. The average Bonchev–Trinajstić information content (AvgIpc) is 4.30. The molecule has 5 aromatic carbocycles. The Labute approximate surface area is 417 Å². The molecule has 15 heteroatoms. The molecule has 354 valence electrons. The number of amides is 2. The molecule has 4 atom stereocenters. The number of esters is 1. The highest BCUT2D eigenvalue weighted by Gasteiger charge is 2.45. The zero-order valence-electron chi connectivity index (χ0n) is 37.6. The van der Waals surface area contributed by atoms with E-state index in [-0.39, 0.29) is 23.8 Å². The normalized spacial score (nSPS) is 22.6. The number of fused-ring (bicyclic) bond motifs is 2. The van der Waals surface area contributed by atoms with E-state index >= 15 is 0 Å². The molecule has 2 aliphatic carbocycles. The zero-order chi connectivity index (χ0) is 47.1. The van der Waals surface area contributed by atoms with Crippen LogP contribution in [-0.4, -0.2) is 108 Å². The lowest BCUT2D eigenvalue weighted by Gasteiger charge is -2.39. The zero-order valence-corrected chi connectivity index (χ0v) is 40.6. The van der Waals surface area contributed by atoms with E-state index in [9.17, 15) is 19.5 Å². The molecule has 5 aromatic rings. The Morgan fingerprint density at radius 1 is 0.544 bits per heavy atom. The van der Waals surface area contributed by atoms with Crippen molar-refractivity contribution in [1.82, 2.24) is 9.80 Å². The van der Waals surface area contributed by atoms with Crippen LogP contribution in [0, 0.1) is 0 Å². The van der Waals surface area contributed by atoms with E-state index in [1.165, 1.54) is 25.7 Å². The molecule has 0 unspecified atom stereocenters. The number of rotatable bonds is 10. The number of hydrogen-bond acceptors (Lipinski definition) is 9. The first-order valence-corrected chi connectivity index (χ1v) is 25.1. The molecular weight excluding hydrogens is 942 g/mol. The molecule has 2 amide bonds. The van der Waals surface area contributed by atoms with Crippen LogP contribution in [0.15, 0.2) is 115 Å². The van der Waals surface area contributed by atoms with Gasteiger partial charge in [0.05, 0.1) is 46.5 Å². The lowest BCUT2D eigenvalue weighted by molar-refractivity contribution is -0.123. The minimum atomic E-state index is -0.528. The van der Waals surface area contributed by atoms with Gasteiger partial charge in [0.2, 0.25) is 11.8 Å². The van der Waals surface area contributed by atoms with Gasteiger partial charge in [-0.15, -0.1) is 0 Å². The summed E-state index contributed by atoms with van der Waals surface area (Å²) in [7, 11) is 0. The summed E-state index contributed by atoms with van der Waals surface area (Å²) in [6.07, 6.45) is 4.76. The van der Waals surface area contributed by atoms with Crippen molar-refractivity contribution in [2.75, 3.05) is 58.9 Å². The number of carbonyl (C=O) groups excluding carboxylic acids is 3. The fourth-order valence-electron chi connectivity index (χ4n) is 10.4. The summed E-state index contributed by atoms with van der Waals surface area (Å²) >= 11 is 25.3. The van der Waals surface area contributed by atoms with Crippen LogP contribution in [0.2, 0.25) is 20.1 Å². The Morgan fingerprint density at radius 2 is 1.00 bits per heavy atom. The van der Waals surface area contributed by atoms with Crippen molar-refractivity contribution in [2.45, 2.75) is 88.0 Å². The maximum atomic E-state index is 14.2. The fraction of sp³-hybridized carbons (Fsp3) is 0.377. The van der Waals surface area contributed by atoms with Crippen LogP contribution in [0.4, 0.5) is 22.7 Å². The van der Waals surface area contributed by atoms with Gasteiger partial charge in [-0.2, -0.15) is 0 Å². The number of para-hydroxylation sites is 4. The monoisotopic (exact) mass is 994 g/mol. The van der Waals surface area contributed by atoms with E-state index in [1.807, 2.05) is 81.4 Å². The van der Waals surface area contributed by atoms with Gasteiger partial charge in [-0.3, -0.25) is 19.4 Å². The van der Waals surface area contributed by atoms with Crippen LogP contribution in [0.1, 0.15) is 60.0 Å². The topological polar surface area (TPSA) is 100 Å². The molecule has 6 aliphatic rings. The predicted molar refractivity (Wildman–Crippen MR) is 271 cm³/mol. The largest absolute Gasteiger partial charge is 0.457 e. The molecule has 1 N–H and O–H groups in total. The average molecular weight is 997 g/mol. The summed E-state index contributed by atoms with van der Waals surface area (Å²) in [5.74, 6) is -0.315. The van der Waals surface area contributed by atoms with Crippen molar-refractivity contribution in [1.29, 1.82) is 0 Å².